The lowest BCUT2D eigenvalue weighted by molar-refractivity contribution is -0.385. The quantitative estimate of drug-likeness (QED) is 0.531. The molecule has 0 saturated carbocycles. The van der Waals surface area contributed by atoms with Crippen LogP contribution in [0.15, 0.2) is 36.5 Å². The lowest BCUT2D eigenvalue weighted by atomic mass is 10.2. The molecule has 1 N–H and O–H groups in total. The van der Waals surface area contributed by atoms with Crippen LogP contribution in [0.2, 0.25) is 0 Å². The SMILES string of the molecule is CCOc1ccc(NC(=O)CN(C)c2ccc([N+](=O)[O-])cn2)cc1OCC. The number of nitro groups is 1. The van der Waals surface area contributed by atoms with Crippen LogP contribution in [0.1, 0.15) is 13.8 Å². The average Bonchev–Trinajstić information content (AvgIpc) is 2.64. The van der Waals surface area contributed by atoms with Crippen LogP contribution >= 0.6 is 0 Å². The highest BCUT2D eigenvalue weighted by Crippen LogP contribution is 2.30. The van der Waals surface area contributed by atoms with Crippen LogP contribution in [0.3, 0.4) is 0 Å². The van der Waals surface area contributed by atoms with E-state index >= 15 is 0 Å². The fraction of sp³-hybridized carbons (Fsp3) is 0.333. The summed E-state index contributed by atoms with van der Waals surface area (Å²) < 4.78 is 11.0. The van der Waals surface area contributed by atoms with Crippen molar-refractivity contribution in [2.24, 2.45) is 0 Å². The Kier molecular flexibility index (Phi) is 6.93. The van der Waals surface area contributed by atoms with Gasteiger partial charge >= 0.3 is 0 Å². The molecule has 0 aliphatic rings. The molecule has 9 heteroatoms. The molecule has 0 bridgehead atoms. The third-order valence-corrected chi connectivity index (χ3v) is 3.54. The summed E-state index contributed by atoms with van der Waals surface area (Å²) in [4.78, 5) is 28.0. The van der Waals surface area contributed by atoms with Gasteiger partial charge in [0.1, 0.15) is 12.0 Å². The summed E-state index contributed by atoms with van der Waals surface area (Å²) in [6.07, 6.45) is 1.16. The number of benzene rings is 1. The molecule has 9 nitrogen and oxygen atoms in total. The van der Waals surface area contributed by atoms with Gasteiger partial charge in [0, 0.05) is 24.9 Å². The van der Waals surface area contributed by atoms with Gasteiger partial charge in [-0.2, -0.15) is 0 Å². The predicted octanol–water partition coefficient (Wildman–Crippen LogP) is 2.86. The van der Waals surface area contributed by atoms with E-state index in [4.69, 9.17) is 9.47 Å². The Balaban J connectivity index is 2.01. The fourth-order valence-corrected chi connectivity index (χ4v) is 2.34. The van der Waals surface area contributed by atoms with E-state index in [0.717, 1.165) is 6.20 Å². The minimum atomic E-state index is -0.522. The number of nitrogens with one attached hydrogen (secondary N) is 1. The van der Waals surface area contributed by atoms with Crippen molar-refractivity contribution in [3.8, 4) is 11.5 Å². The van der Waals surface area contributed by atoms with E-state index in [-0.39, 0.29) is 18.1 Å². The molecule has 2 aromatic rings. The molecule has 0 saturated heterocycles. The van der Waals surface area contributed by atoms with Crippen molar-refractivity contribution >= 4 is 23.1 Å². The minimum Gasteiger partial charge on any atom is -0.490 e. The average molecular weight is 374 g/mol. The van der Waals surface area contributed by atoms with E-state index in [1.807, 2.05) is 13.8 Å². The molecule has 1 aromatic heterocycles. The second kappa shape index (κ2) is 9.37. The third kappa shape index (κ3) is 5.56. The van der Waals surface area contributed by atoms with Gasteiger partial charge in [0.25, 0.3) is 5.69 Å². The predicted molar refractivity (Wildman–Crippen MR) is 102 cm³/mol. The van der Waals surface area contributed by atoms with Crippen LogP contribution in [0.4, 0.5) is 17.2 Å². The zero-order valence-electron chi connectivity index (χ0n) is 15.5. The standard InChI is InChI=1S/C18H22N4O5/c1-4-26-15-8-6-13(10-16(15)27-5-2)20-18(23)12-21(3)17-9-7-14(11-19-17)22(24)25/h6-11H,4-5,12H2,1-3H3,(H,20,23). The number of nitrogens with zero attached hydrogens (tertiary/aromatic N) is 3. The van der Waals surface area contributed by atoms with Crippen LogP contribution in [-0.2, 0) is 4.79 Å². The molecular formula is C18H22N4O5. The van der Waals surface area contributed by atoms with Crippen molar-refractivity contribution in [2.75, 3.05) is 37.0 Å². The molecule has 0 unspecified atom stereocenters. The van der Waals surface area contributed by atoms with Gasteiger partial charge in [-0.3, -0.25) is 14.9 Å². The summed E-state index contributed by atoms with van der Waals surface area (Å²) in [5.41, 5.74) is 0.478. The van der Waals surface area contributed by atoms with E-state index in [1.54, 1.807) is 30.1 Å². The van der Waals surface area contributed by atoms with Crippen LogP contribution in [-0.4, -0.2) is 42.6 Å². The molecule has 144 valence electrons. The second-order valence-electron chi connectivity index (χ2n) is 5.56. The van der Waals surface area contributed by atoms with Crippen LogP contribution in [0, 0.1) is 10.1 Å². The smallest absolute Gasteiger partial charge is 0.287 e. The Morgan fingerprint density at radius 2 is 1.89 bits per heavy atom. The molecule has 0 radical (unpaired) electrons. The molecule has 27 heavy (non-hydrogen) atoms. The molecule has 1 aromatic carbocycles. The number of carbonyl (C=O) groups excluding carboxylic acids is 1. The highest BCUT2D eigenvalue weighted by atomic mass is 16.6. The normalized spacial score (nSPS) is 10.2. The number of carbonyl (C=O) groups is 1. The van der Waals surface area contributed by atoms with Gasteiger partial charge in [0.15, 0.2) is 11.5 Å². The number of likely N-dealkylation sites (N-methyl/N-ethyl adjacent to an activating group) is 1. The highest BCUT2D eigenvalue weighted by molar-refractivity contribution is 5.94. The van der Waals surface area contributed by atoms with E-state index in [2.05, 4.69) is 10.3 Å². The van der Waals surface area contributed by atoms with Gasteiger partial charge < -0.3 is 19.7 Å². The number of aromatic nitrogens is 1. The first kappa shape index (κ1) is 20.0. The minimum absolute atomic E-state index is 0.0298. The summed E-state index contributed by atoms with van der Waals surface area (Å²) in [7, 11) is 1.68. The second-order valence-corrected chi connectivity index (χ2v) is 5.56. The largest absolute Gasteiger partial charge is 0.490 e. The van der Waals surface area contributed by atoms with Crippen LogP contribution in [0.25, 0.3) is 0 Å². The third-order valence-electron chi connectivity index (χ3n) is 3.54. The molecule has 0 aliphatic heterocycles. The van der Waals surface area contributed by atoms with Crippen molar-refractivity contribution in [1.29, 1.82) is 0 Å². The van der Waals surface area contributed by atoms with Crippen LogP contribution in [0.5, 0.6) is 11.5 Å². The van der Waals surface area contributed by atoms with Gasteiger partial charge in [0.2, 0.25) is 5.91 Å². The number of amides is 1. The topological polar surface area (TPSA) is 107 Å². The van der Waals surface area contributed by atoms with Crippen LogP contribution < -0.4 is 19.7 Å². The Bertz CT molecular complexity index is 795. The summed E-state index contributed by atoms with van der Waals surface area (Å²) >= 11 is 0. The number of anilines is 2. The Morgan fingerprint density at radius 3 is 2.48 bits per heavy atom. The maximum atomic E-state index is 12.3. The van der Waals surface area contributed by atoms with Crippen molar-refractivity contribution in [1.82, 2.24) is 4.98 Å². The first-order valence-corrected chi connectivity index (χ1v) is 8.45. The molecule has 0 atom stereocenters. The molecule has 0 spiro atoms. The van der Waals surface area contributed by atoms with E-state index in [9.17, 15) is 14.9 Å². The number of hydrogen-bond acceptors (Lipinski definition) is 7. The maximum Gasteiger partial charge on any atom is 0.287 e. The Labute approximate surface area is 157 Å². The first-order chi connectivity index (χ1) is 12.9. The summed E-state index contributed by atoms with van der Waals surface area (Å²) in [5.74, 6) is 1.37. The number of pyridine rings is 1. The number of ether oxygens (including phenoxy) is 2. The highest BCUT2D eigenvalue weighted by Gasteiger charge is 2.13. The van der Waals surface area contributed by atoms with Gasteiger partial charge in [-0.05, 0) is 32.0 Å². The molecule has 1 heterocycles. The Hall–Kier alpha value is -3.36. The zero-order chi connectivity index (χ0) is 19.8. The lowest BCUT2D eigenvalue weighted by Crippen LogP contribution is -2.30. The molecule has 1 amide bonds. The van der Waals surface area contributed by atoms with E-state index < -0.39 is 4.92 Å². The van der Waals surface area contributed by atoms with Crippen molar-refractivity contribution in [3.05, 3.63) is 46.6 Å². The maximum absolute atomic E-state index is 12.3. The lowest BCUT2D eigenvalue weighted by Gasteiger charge is -2.18. The first-order valence-electron chi connectivity index (χ1n) is 8.45. The summed E-state index contributed by atoms with van der Waals surface area (Å²) in [6, 6.07) is 8.02. The van der Waals surface area contributed by atoms with Crippen molar-refractivity contribution in [2.45, 2.75) is 13.8 Å². The number of rotatable bonds is 9. The number of hydrogen-bond donors (Lipinski definition) is 1. The van der Waals surface area contributed by atoms with Crippen molar-refractivity contribution < 1.29 is 19.2 Å². The molecule has 0 fully saturated rings. The van der Waals surface area contributed by atoms with E-state index in [1.165, 1.54) is 12.1 Å². The summed E-state index contributed by atoms with van der Waals surface area (Å²) in [6.45, 7) is 4.77. The van der Waals surface area contributed by atoms with Crippen molar-refractivity contribution in [3.63, 3.8) is 0 Å². The molecule has 0 aliphatic carbocycles. The zero-order valence-corrected chi connectivity index (χ0v) is 15.5. The van der Waals surface area contributed by atoms with Gasteiger partial charge in [-0.25, -0.2) is 4.98 Å². The van der Waals surface area contributed by atoms with Gasteiger partial charge in [0.05, 0.1) is 24.7 Å². The van der Waals surface area contributed by atoms with Gasteiger partial charge in [-0.15, -0.1) is 0 Å². The molecular weight excluding hydrogens is 352 g/mol. The molecule has 2 rings (SSSR count). The van der Waals surface area contributed by atoms with Gasteiger partial charge in [-0.1, -0.05) is 0 Å². The monoisotopic (exact) mass is 374 g/mol. The fourth-order valence-electron chi connectivity index (χ4n) is 2.34. The van der Waals surface area contributed by atoms with E-state index in [0.29, 0.717) is 36.2 Å². The Morgan fingerprint density at radius 1 is 1.19 bits per heavy atom. The summed E-state index contributed by atoms with van der Waals surface area (Å²) in [5, 5.41) is 13.5.